The van der Waals surface area contributed by atoms with Crippen LogP contribution in [-0.4, -0.2) is 48.9 Å². The first-order valence-corrected chi connectivity index (χ1v) is 14.8. The molecule has 0 aliphatic heterocycles. The molecular weight excluding hydrogens is 530 g/mol. The van der Waals surface area contributed by atoms with Gasteiger partial charge in [-0.3, -0.25) is 14.4 Å². The summed E-state index contributed by atoms with van der Waals surface area (Å²) in [5.41, 5.74) is 5.48. The third-order valence-electron chi connectivity index (χ3n) is 6.48. The van der Waals surface area contributed by atoms with Gasteiger partial charge in [-0.1, -0.05) is 58.9 Å². The van der Waals surface area contributed by atoms with Crippen LogP contribution >= 0.6 is 0 Å². The van der Waals surface area contributed by atoms with Gasteiger partial charge in [0.2, 0.25) is 0 Å². The highest BCUT2D eigenvalue weighted by Gasteiger charge is 2.38. The minimum atomic E-state index is -1.58. The van der Waals surface area contributed by atoms with Gasteiger partial charge in [-0.2, -0.15) is 0 Å². The molecule has 0 heterocycles. The summed E-state index contributed by atoms with van der Waals surface area (Å²) in [5, 5.41) is 0. The molecule has 10 heteroatoms. The number of carbonyl (C=O) groups excluding carboxylic acids is 4. The van der Waals surface area contributed by atoms with Crippen molar-refractivity contribution >= 4 is 24.1 Å². The molecule has 0 radical (unpaired) electrons. The number of esters is 3. The van der Waals surface area contributed by atoms with Gasteiger partial charge in [-0.25, -0.2) is 4.79 Å². The fourth-order valence-electron chi connectivity index (χ4n) is 4.38. The Kier molecular flexibility index (Phi) is 16.7. The van der Waals surface area contributed by atoms with Crippen LogP contribution in [0.3, 0.4) is 0 Å². The Balaban J connectivity index is 3.15. The first kappa shape index (κ1) is 35.9. The normalized spacial score (nSPS) is 13.8. The highest BCUT2D eigenvalue weighted by atomic mass is 16.7. The van der Waals surface area contributed by atoms with Crippen LogP contribution in [0.5, 0.6) is 11.5 Å². The summed E-state index contributed by atoms with van der Waals surface area (Å²) in [6, 6.07) is 4.69. The Hall–Kier alpha value is -3.14. The molecule has 0 saturated heterocycles. The summed E-state index contributed by atoms with van der Waals surface area (Å²) in [7, 11) is 1.22. The highest BCUT2D eigenvalue weighted by molar-refractivity contribution is 5.81. The van der Waals surface area contributed by atoms with Crippen molar-refractivity contribution in [1.29, 1.82) is 0 Å². The van der Waals surface area contributed by atoms with E-state index in [-0.39, 0.29) is 43.3 Å². The molecule has 1 unspecified atom stereocenters. The number of hydrogen-bond acceptors (Lipinski definition) is 10. The standard InChI is InChI=1S/C31H49NO9/c1-7-10-12-15-27(33)40-25-18-17-24(19-26(25)41-28(34)16-13-11-8-2)21-31(32,29(35)37-6)20-23(5)39-30(36)38-22(4)14-9-3/h17-19,22-23H,7-16,20-21,32H2,1-6H3/t22-,23-,31?/m0/s1. The molecule has 41 heavy (non-hydrogen) atoms. The summed E-state index contributed by atoms with van der Waals surface area (Å²) in [6.07, 6.45) is 5.08. The first-order valence-electron chi connectivity index (χ1n) is 14.8. The van der Waals surface area contributed by atoms with Crippen molar-refractivity contribution in [3.63, 3.8) is 0 Å². The maximum atomic E-state index is 12.8. The van der Waals surface area contributed by atoms with Crippen LogP contribution in [0, 0.1) is 0 Å². The van der Waals surface area contributed by atoms with Gasteiger partial charge in [-0.05, 0) is 50.8 Å². The molecule has 1 aromatic carbocycles. The Bertz CT molecular complexity index is 980. The maximum absolute atomic E-state index is 12.8. The zero-order valence-corrected chi connectivity index (χ0v) is 25.6. The minimum Gasteiger partial charge on any atom is -0.468 e. The Morgan fingerprint density at radius 1 is 0.805 bits per heavy atom. The van der Waals surface area contributed by atoms with Gasteiger partial charge in [-0.15, -0.1) is 0 Å². The van der Waals surface area contributed by atoms with E-state index in [4.69, 9.17) is 29.4 Å². The number of hydrogen-bond donors (Lipinski definition) is 1. The quantitative estimate of drug-likeness (QED) is 0.115. The summed E-state index contributed by atoms with van der Waals surface area (Å²) in [5.74, 6) is -1.41. The van der Waals surface area contributed by atoms with Crippen LogP contribution in [0.25, 0.3) is 0 Å². The van der Waals surface area contributed by atoms with E-state index in [9.17, 15) is 19.2 Å². The number of methoxy groups -OCH3 is 1. The molecule has 0 aromatic heterocycles. The molecule has 1 aromatic rings. The van der Waals surface area contributed by atoms with E-state index in [1.807, 2.05) is 20.8 Å². The molecule has 0 amide bonds. The van der Waals surface area contributed by atoms with Crippen LogP contribution in [0.1, 0.15) is 111 Å². The summed E-state index contributed by atoms with van der Waals surface area (Å²) >= 11 is 0. The molecule has 0 aliphatic carbocycles. The molecule has 0 spiro atoms. The number of benzene rings is 1. The lowest BCUT2D eigenvalue weighted by Crippen LogP contribution is -2.53. The summed E-state index contributed by atoms with van der Waals surface area (Å²) in [4.78, 5) is 49.9. The average Bonchev–Trinajstić information content (AvgIpc) is 2.89. The Morgan fingerprint density at radius 3 is 1.90 bits per heavy atom. The minimum absolute atomic E-state index is 0.0280. The van der Waals surface area contributed by atoms with Crippen molar-refractivity contribution in [1.82, 2.24) is 0 Å². The summed E-state index contributed by atoms with van der Waals surface area (Å²) in [6.45, 7) is 9.44. The van der Waals surface area contributed by atoms with E-state index in [1.54, 1.807) is 19.9 Å². The fourth-order valence-corrected chi connectivity index (χ4v) is 4.38. The van der Waals surface area contributed by atoms with Gasteiger partial charge >= 0.3 is 24.1 Å². The molecule has 3 atom stereocenters. The molecule has 0 saturated carbocycles. The van der Waals surface area contributed by atoms with Crippen LogP contribution < -0.4 is 15.2 Å². The zero-order chi connectivity index (χ0) is 30.8. The van der Waals surface area contributed by atoms with Gasteiger partial charge < -0.3 is 29.4 Å². The van der Waals surface area contributed by atoms with E-state index in [1.165, 1.54) is 19.2 Å². The van der Waals surface area contributed by atoms with Crippen molar-refractivity contribution < 1.29 is 42.9 Å². The molecule has 10 nitrogen and oxygen atoms in total. The number of rotatable bonds is 19. The van der Waals surface area contributed by atoms with Gasteiger partial charge in [0.25, 0.3) is 0 Å². The first-order chi connectivity index (χ1) is 19.5. The van der Waals surface area contributed by atoms with Gasteiger partial charge in [0.1, 0.15) is 17.7 Å². The predicted octanol–water partition coefficient (Wildman–Crippen LogP) is 6.19. The van der Waals surface area contributed by atoms with Crippen molar-refractivity contribution in [2.24, 2.45) is 5.73 Å². The third kappa shape index (κ3) is 13.9. The number of nitrogens with two attached hydrogens (primary N) is 1. The van der Waals surface area contributed by atoms with E-state index in [0.29, 0.717) is 24.8 Å². The van der Waals surface area contributed by atoms with E-state index in [0.717, 1.165) is 32.1 Å². The van der Waals surface area contributed by atoms with Gasteiger partial charge in [0.05, 0.1) is 7.11 Å². The van der Waals surface area contributed by atoms with Gasteiger partial charge in [0.15, 0.2) is 11.5 Å². The second-order valence-corrected chi connectivity index (χ2v) is 10.6. The fraction of sp³-hybridized carbons (Fsp3) is 0.677. The second kappa shape index (κ2) is 19.1. The Morgan fingerprint density at radius 2 is 1.37 bits per heavy atom. The smallest absolute Gasteiger partial charge is 0.468 e. The lowest BCUT2D eigenvalue weighted by molar-refractivity contribution is -0.148. The van der Waals surface area contributed by atoms with Crippen molar-refractivity contribution in [3.8, 4) is 11.5 Å². The molecular formula is C31H49NO9. The van der Waals surface area contributed by atoms with Crippen LogP contribution in [0.15, 0.2) is 18.2 Å². The molecule has 0 bridgehead atoms. The lowest BCUT2D eigenvalue weighted by atomic mass is 9.86. The molecule has 2 N–H and O–H groups in total. The molecule has 0 aliphatic rings. The van der Waals surface area contributed by atoms with E-state index >= 15 is 0 Å². The van der Waals surface area contributed by atoms with Crippen molar-refractivity contribution in [3.05, 3.63) is 23.8 Å². The SMILES string of the molecule is CCCCCC(=O)Oc1ccc(CC(N)(C[C@H](C)OC(=O)O[C@@H](C)CCC)C(=O)OC)cc1OC(=O)CCCCC. The third-order valence-corrected chi connectivity index (χ3v) is 6.48. The Labute approximate surface area is 244 Å². The van der Waals surface area contributed by atoms with Crippen LogP contribution in [0.2, 0.25) is 0 Å². The number of carbonyl (C=O) groups is 4. The summed E-state index contributed by atoms with van der Waals surface area (Å²) < 4.78 is 26.7. The average molecular weight is 580 g/mol. The van der Waals surface area contributed by atoms with E-state index in [2.05, 4.69) is 0 Å². The topological polar surface area (TPSA) is 140 Å². The number of unbranched alkanes of at least 4 members (excludes halogenated alkanes) is 4. The highest BCUT2D eigenvalue weighted by Crippen LogP contribution is 2.32. The maximum Gasteiger partial charge on any atom is 0.508 e. The zero-order valence-electron chi connectivity index (χ0n) is 25.6. The van der Waals surface area contributed by atoms with Crippen LogP contribution in [-0.2, 0) is 35.0 Å². The van der Waals surface area contributed by atoms with Crippen molar-refractivity contribution in [2.45, 2.75) is 129 Å². The van der Waals surface area contributed by atoms with Crippen LogP contribution in [0.4, 0.5) is 4.79 Å². The second-order valence-electron chi connectivity index (χ2n) is 10.6. The molecule has 0 fully saturated rings. The van der Waals surface area contributed by atoms with Gasteiger partial charge in [0, 0.05) is 25.7 Å². The largest absolute Gasteiger partial charge is 0.508 e. The molecule has 1 rings (SSSR count). The molecule has 232 valence electrons. The number of ether oxygens (including phenoxy) is 5. The van der Waals surface area contributed by atoms with E-state index < -0.39 is 35.7 Å². The monoisotopic (exact) mass is 579 g/mol. The predicted molar refractivity (Wildman–Crippen MR) is 155 cm³/mol. The van der Waals surface area contributed by atoms with Crippen molar-refractivity contribution in [2.75, 3.05) is 7.11 Å². The lowest BCUT2D eigenvalue weighted by Gasteiger charge is -2.29.